The van der Waals surface area contributed by atoms with E-state index in [1.165, 1.54) is 6.07 Å². The highest BCUT2D eigenvalue weighted by Crippen LogP contribution is 2.40. The first kappa shape index (κ1) is 12.3. The zero-order valence-corrected chi connectivity index (χ0v) is 8.34. The van der Waals surface area contributed by atoms with Crippen molar-refractivity contribution in [2.24, 2.45) is 0 Å². The fourth-order valence-corrected chi connectivity index (χ4v) is 1.51. The second-order valence-electron chi connectivity index (χ2n) is 2.72. The number of hydrogen-bond donors (Lipinski definition) is 1. The van der Waals surface area contributed by atoms with Crippen LogP contribution < -0.4 is 0 Å². The Kier molecular flexibility index (Phi) is 3.09. The van der Waals surface area contributed by atoms with Gasteiger partial charge in [-0.3, -0.25) is 10.1 Å². The molecule has 1 rings (SSSR count). The van der Waals surface area contributed by atoms with Crippen LogP contribution in [0.1, 0.15) is 11.1 Å². The van der Waals surface area contributed by atoms with Crippen LogP contribution in [0.5, 0.6) is 0 Å². The van der Waals surface area contributed by atoms with Gasteiger partial charge in [0.05, 0.1) is 27.0 Å². The number of nitro groups is 1. The topological polar surface area (TPSA) is 66.9 Å². The van der Waals surface area contributed by atoms with Crippen molar-refractivity contribution in [2.45, 2.75) is 11.1 Å². The molecule has 0 amide bonds. The van der Waals surface area contributed by atoms with Crippen molar-refractivity contribution in [2.75, 3.05) is 0 Å². The Balaban J connectivity index is 3.62. The maximum absolute atomic E-state index is 12.5. The summed E-state index contributed by atoms with van der Waals surface area (Å²) in [5.41, 5.74) is -2.86. The Hall–Kier alpha value is -1.75. The monoisotopic (exact) mass is 248 g/mol. The van der Waals surface area contributed by atoms with E-state index in [2.05, 4.69) is 12.6 Å². The smallest absolute Gasteiger partial charge is 0.258 e. The van der Waals surface area contributed by atoms with Gasteiger partial charge in [-0.15, -0.1) is 12.6 Å². The standard InChI is InChI=1S/C8H3F3N2O2S/c9-8(10,11)6-4(3-12)1-2-5(7(6)16)13(14)15/h1-2,16H. The molecule has 0 aliphatic carbocycles. The normalized spacial score (nSPS) is 10.9. The summed E-state index contributed by atoms with van der Waals surface area (Å²) in [4.78, 5) is 8.57. The van der Waals surface area contributed by atoms with Crippen molar-refractivity contribution in [3.8, 4) is 6.07 Å². The van der Waals surface area contributed by atoms with E-state index < -0.39 is 32.8 Å². The molecule has 8 heteroatoms. The average Bonchev–Trinajstić information content (AvgIpc) is 2.14. The molecule has 0 N–H and O–H groups in total. The van der Waals surface area contributed by atoms with E-state index in [9.17, 15) is 23.3 Å². The van der Waals surface area contributed by atoms with Crippen molar-refractivity contribution in [1.82, 2.24) is 0 Å². The van der Waals surface area contributed by atoms with Crippen molar-refractivity contribution < 1.29 is 18.1 Å². The molecule has 0 saturated carbocycles. The predicted octanol–water partition coefficient (Wildman–Crippen LogP) is 2.77. The summed E-state index contributed by atoms with van der Waals surface area (Å²) in [6, 6.07) is 2.88. The zero-order chi connectivity index (χ0) is 12.5. The second kappa shape index (κ2) is 4.02. The van der Waals surface area contributed by atoms with Gasteiger partial charge in [0.1, 0.15) is 0 Å². The van der Waals surface area contributed by atoms with Gasteiger partial charge in [0.2, 0.25) is 0 Å². The first-order chi connectivity index (χ1) is 7.29. The fraction of sp³-hybridized carbons (Fsp3) is 0.125. The number of hydrogen-bond acceptors (Lipinski definition) is 4. The number of rotatable bonds is 1. The summed E-state index contributed by atoms with van der Waals surface area (Å²) in [5, 5.41) is 18.9. The molecule has 0 saturated heterocycles. The number of nitriles is 1. The number of thiol groups is 1. The van der Waals surface area contributed by atoms with Gasteiger partial charge in [0.25, 0.3) is 5.69 Å². The average molecular weight is 248 g/mol. The highest BCUT2D eigenvalue weighted by molar-refractivity contribution is 7.80. The van der Waals surface area contributed by atoms with E-state index in [0.717, 1.165) is 12.1 Å². The molecule has 0 bridgehead atoms. The van der Waals surface area contributed by atoms with Crippen LogP contribution in [0.25, 0.3) is 0 Å². The van der Waals surface area contributed by atoms with Crippen molar-refractivity contribution in [3.63, 3.8) is 0 Å². The SMILES string of the molecule is N#Cc1ccc([N+](=O)[O-])c(S)c1C(F)(F)F. The van der Waals surface area contributed by atoms with E-state index in [4.69, 9.17) is 5.26 Å². The molecule has 16 heavy (non-hydrogen) atoms. The summed E-state index contributed by atoms with van der Waals surface area (Å²) in [7, 11) is 0. The summed E-state index contributed by atoms with van der Waals surface area (Å²) >= 11 is 3.46. The Morgan fingerprint density at radius 3 is 2.38 bits per heavy atom. The van der Waals surface area contributed by atoms with Crippen LogP contribution in [0, 0.1) is 21.4 Å². The summed E-state index contributed by atoms with van der Waals surface area (Å²) in [6.45, 7) is 0. The molecule has 0 aliphatic rings. The molecular weight excluding hydrogens is 245 g/mol. The fourth-order valence-electron chi connectivity index (χ4n) is 1.11. The van der Waals surface area contributed by atoms with E-state index in [-0.39, 0.29) is 0 Å². The molecule has 1 aromatic carbocycles. The highest BCUT2D eigenvalue weighted by atomic mass is 32.1. The van der Waals surface area contributed by atoms with Gasteiger partial charge in [-0.05, 0) is 6.07 Å². The third-order valence-corrected chi connectivity index (χ3v) is 2.21. The van der Waals surface area contributed by atoms with Crippen molar-refractivity contribution >= 4 is 18.3 Å². The zero-order valence-electron chi connectivity index (χ0n) is 7.45. The minimum atomic E-state index is -4.85. The van der Waals surface area contributed by atoms with Crippen LogP contribution in [0.15, 0.2) is 17.0 Å². The third kappa shape index (κ3) is 2.09. The van der Waals surface area contributed by atoms with E-state index >= 15 is 0 Å². The van der Waals surface area contributed by atoms with Gasteiger partial charge in [0, 0.05) is 6.07 Å². The lowest BCUT2D eigenvalue weighted by atomic mass is 10.1. The number of alkyl halides is 3. The molecule has 0 aromatic heterocycles. The Morgan fingerprint density at radius 1 is 1.44 bits per heavy atom. The van der Waals surface area contributed by atoms with E-state index in [1.54, 1.807) is 0 Å². The summed E-state index contributed by atoms with van der Waals surface area (Å²) in [5.74, 6) is 0. The number of nitro benzene ring substituents is 1. The highest BCUT2D eigenvalue weighted by Gasteiger charge is 2.38. The molecular formula is C8H3F3N2O2S. The Morgan fingerprint density at radius 2 is 2.00 bits per heavy atom. The van der Waals surface area contributed by atoms with E-state index in [0.29, 0.717) is 0 Å². The predicted molar refractivity (Wildman–Crippen MR) is 50.1 cm³/mol. The lowest BCUT2D eigenvalue weighted by molar-refractivity contribution is -0.388. The molecule has 0 unspecified atom stereocenters. The quantitative estimate of drug-likeness (QED) is 0.472. The number of nitrogens with zero attached hydrogens (tertiary/aromatic N) is 2. The Labute approximate surface area is 92.9 Å². The molecule has 4 nitrogen and oxygen atoms in total. The lowest BCUT2D eigenvalue weighted by Crippen LogP contribution is -2.10. The minimum absolute atomic E-state index is 0.692. The maximum atomic E-state index is 12.5. The first-order valence-corrected chi connectivity index (χ1v) is 4.21. The summed E-state index contributed by atoms with van der Waals surface area (Å²) < 4.78 is 37.6. The molecule has 0 atom stereocenters. The van der Waals surface area contributed by atoms with Crippen LogP contribution in [0.4, 0.5) is 18.9 Å². The van der Waals surface area contributed by atoms with Crippen molar-refractivity contribution in [1.29, 1.82) is 5.26 Å². The molecule has 84 valence electrons. The van der Waals surface area contributed by atoms with E-state index in [1.807, 2.05) is 0 Å². The van der Waals surface area contributed by atoms with Gasteiger partial charge in [-0.25, -0.2) is 0 Å². The largest absolute Gasteiger partial charge is 0.419 e. The van der Waals surface area contributed by atoms with Crippen LogP contribution >= 0.6 is 12.6 Å². The molecule has 0 spiro atoms. The van der Waals surface area contributed by atoms with Gasteiger partial charge in [0.15, 0.2) is 0 Å². The molecule has 0 heterocycles. The van der Waals surface area contributed by atoms with Gasteiger partial charge in [-0.2, -0.15) is 18.4 Å². The Bertz CT molecular complexity index is 493. The van der Waals surface area contributed by atoms with Gasteiger partial charge in [-0.1, -0.05) is 0 Å². The van der Waals surface area contributed by atoms with Gasteiger partial charge < -0.3 is 0 Å². The van der Waals surface area contributed by atoms with Gasteiger partial charge >= 0.3 is 6.18 Å². The first-order valence-electron chi connectivity index (χ1n) is 3.76. The third-order valence-electron chi connectivity index (χ3n) is 1.76. The maximum Gasteiger partial charge on any atom is 0.419 e. The van der Waals surface area contributed by atoms with Crippen LogP contribution in [0.3, 0.4) is 0 Å². The van der Waals surface area contributed by atoms with Crippen molar-refractivity contribution in [3.05, 3.63) is 33.4 Å². The molecule has 0 aliphatic heterocycles. The second-order valence-corrected chi connectivity index (χ2v) is 3.17. The van der Waals surface area contributed by atoms with Crippen LogP contribution in [0.2, 0.25) is 0 Å². The molecule has 0 fully saturated rings. The van der Waals surface area contributed by atoms with Crippen LogP contribution in [-0.2, 0) is 6.18 Å². The number of benzene rings is 1. The summed E-state index contributed by atoms with van der Waals surface area (Å²) in [6.07, 6.45) is -4.85. The lowest BCUT2D eigenvalue weighted by Gasteiger charge is -2.10. The molecule has 1 aromatic rings. The number of halogens is 3. The molecule has 0 radical (unpaired) electrons. The van der Waals surface area contributed by atoms with Crippen LogP contribution in [-0.4, -0.2) is 4.92 Å². The minimum Gasteiger partial charge on any atom is -0.258 e.